The molecule has 0 aliphatic carbocycles. The fourth-order valence-electron chi connectivity index (χ4n) is 1.09. The molecule has 0 bridgehead atoms. The zero-order chi connectivity index (χ0) is 9.84. The summed E-state index contributed by atoms with van der Waals surface area (Å²) in [6.07, 6.45) is 0. The van der Waals surface area contributed by atoms with Crippen LogP contribution in [0.3, 0.4) is 0 Å². The normalized spacial score (nSPS) is 11.7. The zero-order valence-corrected chi connectivity index (χ0v) is 9.31. The van der Waals surface area contributed by atoms with E-state index in [2.05, 4.69) is 0 Å². The third kappa shape index (κ3) is 3.03. The number of hydrogen-bond donors (Lipinski definition) is 2. The minimum atomic E-state index is -0.450. The first-order valence-electron chi connectivity index (χ1n) is 3.89. The highest BCUT2D eigenvalue weighted by molar-refractivity contribution is 6.30. The highest BCUT2D eigenvalue weighted by atomic mass is 35.5. The van der Waals surface area contributed by atoms with Gasteiger partial charge in [0, 0.05) is 10.6 Å². The molecule has 3 N–H and O–H groups in total. The van der Waals surface area contributed by atoms with Crippen LogP contribution in [0.4, 0.5) is 0 Å². The van der Waals surface area contributed by atoms with E-state index in [9.17, 15) is 0 Å². The van der Waals surface area contributed by atoms with Gasteiger partial charge in [-0.15, -0.1) is 12.4 Å². The molecule has 5 heteroatoms. The molecule has 0 aromatic heterocycles. The Kier molecular flexibility index (Phi) is 5.88. The number of rotatable bonds is 3. The zero-order valence-electron chi connectivity index (χ0n) is 7.74. The van der Waals surface area contributed by atoms with Gasteiger partial charge in [0.25, 0.3) is 0 Å². The molecule has 3 nitrogen and oxygen atoms in total. The van der Waals surface area contributed by atoms with E-state index in [4.69, 9.17) is 27.2 Å². The van der Waals surface area contributed by atoms with Crippen LogP contribution in [0.1, 0.15) is 11.6 Å². The average Bonchev–Trinajstić information content (AvgIpc) is 2.16. The first-order valence-corrected chi connectivity index (χ1v) is 4.26. The summed E-state index contributed by atoms with van der Waals surface area (Å²) in [6.45, 7) is -0.128. The number of aliphatic hydroxyl groups excluding tert-OH is 1. The predicted molar refractivity (Wildman–Crippen MR) is 59.3 cm³/mol. The van der Waals surface area contributed by atoms with E-state index >= 15 is 0 Å². The SMILES string of the molecule is COc1ccc(Cl)cc1[C@H](N)CO.Cl. The molecule has 0 unspecified atom stereocenters. The van der Waals surface area contributed by atoms with Crippen LogP contribution >= 0.6 is 24.0 Å². The van der Waals surface area contributed by atoms with Crippen LogP contribution < -0.4 is 10.5 Å². The molecular weight excluding hydrogens is 225 g/mol. The van der Waals surface area contributed by atoms with Gasteiger partial charge in [-0.25, -0.2) is 0 Å². The van der Waals surface area contributed by atoms with E-state index in [1.165, 1.54) is 0 Å². The van der Waals surface area contributed by atoms with Crippen LogP contribution in [-0.2, 0) is 0 Å². The highest BCUT2D eigenvalue weighted by Crippen LogP contribution is 2.26. The van der Waals surface area contributed by atoms with Gasteiger partial charge in [-0.1, -0.05) is 11.6 Å². The lowest BCUT2D eigenvalue weighted by Crippen LogP contribution is -2.15. The number of hydrogen-bond acceptors (Lipinski definition) is 3. The quantitative estimate of drug-likeness (QED) is 0.843. The molecule has 0 saturated heterocycles. The summed E-state index contributed by atoms with van der Waals surface area (Å²) in [4.78, 5) is 0. The first kappa shape index (κ1) is 13.5. The fourth-order valence-corrected chi connectivity index (χ4v) is 1.27. The van der Waals surface area contributed by atoms with Gasteiger partial charge >= 0.3 is 0 Å². The van der Waals surface area contributed by atoms with Crippen LogP contribution in [0.15, 0.2) is 18.2 Å². The van der Waals surface area contributed by atoms with Crippen molar-refractivity contribution in [1.82, 2.24) is 0 Å². The molecule has 0 aliphatic rings. The van der Waals surface area contributed by atoms with Gasteiger partial charge in [0.2, 0.25) is 0 Å². The van der Waals surface area contributed by atoms with Crippen molar-refractivity contribution < 1.29 is 9.84 Å². The number of benzene rings is 1. The predicted octanol–water partition coefficient (Wildman–Crippen LogP) is 1.76. The lowest BCUT2D eigenvalue weighted by Gasteiger charge is -2.13. The Bertz CT molecular complexity index is 294. The number of nitrogens with two attached hydrogens (primary N) is 1. The van der Waals surface area contributed by atoms with Crippen LogP contribution in [0.25, 0.3) is 0 Å². The second-order valence-electron chi connectivity index (χ2n) is 2.68. The maximum absolute atomic E-state index is 8.88. The second kappa shape index (κ2) is 6.09. The molecule has 80 valence electrons. The minimum Gasteiger partial charge on any atom is -0.496 e. The largest absolute Gasteiger partial charge is 0.496 e. The standard InChI is InChI=1S/C9H12ClNO2.ClH/c1-13-9-3-2-6(10)4-7(9)8(11)5-12;/h2-4,8,12H,5,11H2,1H3;1H/t8-;/m1./s1. The average molecular weight is 238 g/mol. The van der Waals surface area contributed by atoms with Gasteiger partial charge in [0.05, 0.1) is 19.8 Å². The van der Waals surface area contributed by atoms with Gasteiger partial charge in [0.15, 0.2) is 0 Å². The molecule has 0 spiro atoms. The Morgan fingerprint density at radius 3 is 2.71 bits per heavy atom. The van der Waals surface area contributed by atoms with Crippen molar-refractivity contribution in [2.75, 3.05) is 13.7 Å². The maximum atomic E-state index is 8.88. The molecule has 1 aromatic carbocycles. The van der Waals surface area contributed by atoms with E-state index in [0.29, 0.717) is 10.8 Å². The Labute approximate surface area is 94.2 Å². The molecule has 1 aromatic rings. The number of ether oxygens (including phenoxy) is 1. The van der Waals surface area contributed by atoms with Gasteiger partial charge in [0.1, 0.15) is 5.75 Å². The summed E-state index contributed by atoms with van der Waals surface area (Å²) in [5.41, 5.74) is 6.37. The van der Waals surface area contributed by atoms with Crippen LogP contribution in [0, 0.1) is 0 Å². The lowest BCUT2D eigenvalue weighted by molar-refractivity contribution is 0.264. The van der Waals surface area contributed by atoms with E-state index in [1.54, 1.807) is 25.3 Å². The fraction of sp³-hybridized carbons (Fsp3) is 0.333. The molecule has 14 heavy (non-hydrogen) atoms. The van der Waals surface area contributed by atoms with Gasteiger partial charge in [-0.05, 0) is 18.2 Å². The molecule has 0 amide bonds. The van der Waals surface area contributed by atoms with Crippen molar-refractivity contribution in [3.63, 3.8) is 0 Å². The summed E-state index contributed by atoms with van der Waals surface area (Å²) in [5, 5.41) is 9.46. The summed E-state index contributed by atoms with van der Waals surface area (Å²) >= 11 is 5.78. The minimum absolute atomic E-state index is 0. The third-order valence-corrected chi connectivity index (χ3v) is 2.02. The summed E-state index contributed by atoms with van der Waals surface area (Å²) < 4.78 is 5.07. The van der Waals surface area contributed by atoms with Gasteiger partial charge in [-0.3, -0.25) is 0 Å². The molecular formula is C9H13Cl2NO2. The Hall–Kier alpha value is -0.480. The molecule has 1 rings (SSSR count). The first-order chi connectivity index (χ1) is 6.19. The Morgan fingerprint density at radius 1 is 1.57 bits per heavy atom. The van der Waals surface area contributed by atoms with Crippen molar-refractivity contribution in [2.24, 2.45) is 5.73 Å². The van der Waals surface area contributed by atoms with Crippen LogP contribution in [-0.4, -0.2) is 18.8 Å². The summed E-state index contributed by atoms with van der Waals surface area (Å²) in [7, 11) is 1.55. The smallest absolute Gasteiger partial charge is 0.123 e. The van der Waals surface area contributed by atoms with Crippen LogP contribution in [0.5, 0.6) is 5.75 Å². The molecule has 0 heterocycles. The van der Waals surface area contributed by atoms with Crippen molar-refractivity contribution in [3.05, 3.63) is 28.8 Å². The van der Waals surface area contributed by atoms with E-state index in [1.807, 2.05) is 0 Å². The maximum Gasteiger partial charge on any atom is 0.123 e. The van der Waals surface area contributed by atoms with Gasteiger partial charge in [-0.2, -0.15) is 0 Å². The Morgan fingerprint density at radius 2 is 2.21 bits per heavy atom. The van der Waals surface area contributed by atoms with Crippen molar-refractivity contribution in [3.8, 4) is 5.75 Å². The van der Waals surface area contributed by atoms with E-state index < -0.39 is 6.04 Å². The van der Waals surface area contributed by atoms with E-state index in [0.717, 1.165) is 5.56 Å². The molecule has 0 fully saturated rings. The van der Waals surface area contributed by atoms with Crippen molar-refractivity contribution >= 4 is 24.0 Å². The molecule has 0 saturated carbocycles. The Balaban J connectivity index is 0.00000169. The van der Waals surface area contributed by atoms with Crippen molar-refractivity contribution in [2.45, 2.75) is 6.04 Å². The number of aliphatic hydroxyl groups is 1. The molecule has 1 atom stereocenters. The summed E-state index contributed by atoms with van der Waals surface area (Å²) in [6, 6.07) is 4.69. The second-order valence-corrected chi connectivity index (χ2v) is 3.11. The topological polar surface area (TPSA) is 55.5 Å². The number of halogens is 2. The monoisotopic (exact) mass is 237 g/mol. The van der Waals surface area contributed by atoms with Crippen LogP contribution in [0.2, 0.25) is 5.02 Å². The van der Waals surface area contributed by atoms with Crippen molar-refractivity contribution in [1.29, 1.82) is 0 Å². The van der Waals surface area contributed by atoms with Gasteiger partial charge < -0.3 is 15.6 Å². The summed E-state index contributed by atoms with van der Waals surface area (Å²) in [5.74, 6) is 0.644. The molecule has 0 aliphatic heterocycles. The lowest BCUT2D eigenvalue weighted by atomic mass is 10.1. The molecule has 0 radical (unpaired) electrons. The third-order valence-electron chi connectivity index (χ3n) is 1.79. The number of methoxy groups -OCH3 is 1. The van der Waals surface area contributed by atoms with E-state index in [-0.39, 0.29) is 19.0 Å². The highest BCUT2D eigenvalue weighted by Gasteiger charge is 2.10.